The molecule has 0 amide bonds. The second kappa shape index (κ2) is 8.93. The zero-order chi connectivity index (χ0) is 13.3. The molecular weight excluding hydrogens is 236 g/mol. The first-order valence-electron chi connectivity index (χ1n) is 8.46. The Balaban J connectivity index is 1.59. The maximum absolute atomic E-state index is 5.81. The van der Waals surface area contributed by atoms with Crippen molar-refractivity contribution in [3.63, 3.8) is 0 Å². The van der Waals surface area contributed by atoms with Gasteiger partial charge in [0.15, 0.2) is 0 Å². The molecule has 2 heterocycles. The molecule has 2 aliphatic rings. The quantitative estimate of drug-likeness (QED) is 0.801. The van der Waals surface area contributed by atoms with Gasteiger partial charge in [0.1, 0.15) is 0 Å². The number of rotatable bonds is 6. The van der Waals surface area contributed by atoms with Crippen molar-refractivity contribution >= 4 is 0 Å². The number of hydrogen-bond acceptors (Lipinski definition) is 3. The van der Waals surface area contributed by atoms with Gasteiger partial charge in [-0.2, -0.15) is 0 Å². The van der Waals surface area contributed by atoms with Crippen LogP contribution in [0.2, 0.25) is 0 Å². The van der Waals surface area contributed by atoms with Crippen LogP contribution in [0.1, 0.15) is 58.3 Å². The summed E-state index contributed by atoms with van der Waals surface area (Å²) in [5.74, 6) is 0. The summed E-state index contributed by atoms with van der Waals surface area (Å²) in [6.07, 6.45) is 11.1. The Morgan fingerprint density at radius 1 is 1.16 bits per heavy atom. The minimum absolute atomic E-state index is 0.509. The number of nitrogens with one attached hydrogen (secondary N) is 1. The van der Waals surface area contributed by atoms with E-state index in [1.54, 1.807) is 0 Å². The van der Waals surface area contributed by atoms with Crippen LogP contribution in [0.15, 0.2) is 0 Å². The molecule has 2 rings (SSSR count). The molecule has 0 radical (unpaired) electrons. The van der Waals surface area contributed by atoms with Crippen molar-refractivity contribution in [2.45, 2.75) is 70.4 Å². The molecule has 2 fully saturated rings. The molecule has 1 N–H and O–H groups in total. The molecule has 0 saturated carbocycles. The normalized spacial score (nSPS) is 30.2. The van der Waals surface area contributed by atoms with Crippen LogP contribution in [-0.4, -0.2) is 49.8 Å². The Bertz CT molecular complexity index is 225. The van der Waals surface area contributed by atoms with Crippen molar-refractivity contribution in [3.8, 4) is 0 Å². The van der Waals surface area contributed by atoms with Crippen molar-refractivity contribution < 1.29 is 4.74 Å². The fourth-order valence-corrected chi connectivity index (χ4v) is 3.38. The minimum Gasteiger partial charge on any atom is -0.378 e. The maximum atomic E-state index is 5.81. The lowest BCUT2D eigenvalue weighted by atomic mass is 10.0. The lowest BCUT2D eigenvalue weighted by Gasteiger charge is -2.31. The Kier molecular flexibility index (Phi) is 7.18. The van der Waals surface area contributed by atoms with E-state index in [9.17, 15) is 0 Å². The second-order valence-corrected chi connectivity index (χ2v) is 6.21. The van der Waals surface area contributed by atoms with Gasteiger partial charge in [0.05, 0.1) is 6.10 Å². The fourth-order valence-electron chi connectivity index (χ4n) is 3.38. The van der Waals surface area contributed by atoms with E-state index in [1.165, 1.54) is 71.0 Å². The molecule has 0 aliphatic carbocycles. The van der Waals surface area contributed by atoms with Crippen LogP contribution < -0.4 is 5.32 Å². The highest BCUT2D eigenvalue weighted by Gasteiger charge is 2.21. The predicted molar refractivity (Wildman–Crippen MR) is 80.6 cm³/mol. The summed E-state index contributed by atoms with van der Waals surface area (Å²) < 4.78 is 5.81. The smallest absolute Gasteiger partial charge is 0.0589 e. The number of hydrogen-bond donors (Lipinski definition) is 1. The van der Waals surface area contributed by atoms with Gasteiger partial charge in [-0.25, -0.2) is 0 Å². The molecule has 0 spiro atoms. The first-order valence-corrected chi connectivity index (χ1v) is 8.46. The largest absolute Gasteiger partial charge is 0.378 e. The molecule has 2 aliphatic heterocycles. The Morgan fingerprint density at radius 3 is 2.68 bits per heavy atom. The van der Waals surface area contributed by atoms with E-state index in [-0.39, 0.29) is 0 Å². The van der Waals surface area contributed by atoms with Crippen LogP contribution >= 0.6 is 0 Å². The zero-order valence-electron chi connectivity index (χ0n) is 12.7. The van der Waals surface area contributed by atoms with Crippen molar-refractivity contribution in [3.05, 3.63) is 0 Å². The van der Waals surface area contributed by atoms with Gasteiger partial charge in [0.2, 0.25) is 0 Å². The topological polar surface area (TPSA) is 24.5 Å². The molecule has 112 valence electrons. The third-order valence-electron chi connectivity index (χ3n) is 4.54. The SMILES string of the molecule is CCCC1CC(NCCN2CCCCCC2)CCO1. The summed E-state index contributed by atoms with van der Waals surface area (Å²) in [7, 11) is 0. The fraction of sp³-hybridized carbons (Fsp3) is 1.00. The zero-order valence-corrected chi connectivity index (χ0v) is 12.7. The number of ether oxygens (including phenoxy) is 1. The summed E-state index contributed by atoms with van der Waals surface area (Å²) in [4.78, 5) is 2.64. The van der Waals surface area contributed by atoms with E-state index in [1.807, 2.05) is 0 Å². The van der Waals surface area contributed by atoms with Crippen LogP contribution in [0.25, 0.3) is 0 Å². The highest BCUT2D eigenvalue weighted by atomic mass is 16.5. The molecule has 2 atom stereocenters. The van der Waals surface area contributed by atoms with E-state index >= 15 is 0 Å². The van der Waals surface area contributed by atoms with Gasteiger partial charge in [0, 0.05) is 25.7 Å². The molecule has 3 nitrogen and oxygen atoms in total. The predicted octanol–water partition coefficient (Wildman–Crippen LogP) is 2.80. The standard InChI is InChI=1S/C16H32N2O/c1-2-7-16-14-15(8-13-19-16)17-9-12-18-10-5-3-4-6-11-18/h15-17H,2-14H2,1H3. The van der Waals surface area contributed by atoms with E-state index in [0.717, 1.165) is 13.2 Å². The van der Waals surface area contributed by atoms with Crippen molar-refractivity contribution in [1.82, 2.24) is 10.2 Å². The summed E-state index contributed by atoms with van der Waals surface area (Å²) in [5, 5.41) is 3.76. The molecule has 0 aromatic rings. The third-order valence-corrected chi connectivity index (χ3v) is 4.54. The minimum atomic E-state index is 0.509. The molecule has 0 aromatic carbocycles. The van der Waals surface area contributed by atoms with Gasteiger partial charge in [0.25, 0.3) is 0 Å². The molecule has 0 aromatic heterocycles. The van der Waals surface area contributed by atoms with Crippen molar-refractivity contribution in [2.75, 3.05) is 32.8 Å². The van der Waals surface area contributed by atoms with E-state index < -0.39 is 0 Å². The number of likely N-dealkylation sites (tertiary alicyclic amines) is 1. The molecule has 0 bridgehead atoms. The summed E-state index contributed by atoms with van der Waals surface area (Å²) in [6.45, 7) is 8.22. The lowest BCUT2D eigenvalue weighted by molar-refractivity contribution is -0.00337. The van der Waals surface area contributed by atoms with Crippen molar-refractivity contribution in [1.29, 1.82) is 0 Å². The van der Waals surface area contributed by atoms with Crippen LogP contribution in [0.5, 0.6) is 0 Å². The van der Waals surface area contributed by atoms with Gasteiger partial charge in [-0.3, -0.25) is 0 Å². The Hall–Kier alpha value is -0.120. The van der Waals surface area contributed by atoms with Crippen LogP contribution in [-0.2, 0) is 4.74 Å². The average Bonchev–Trinajstić information content (AvgIpc) is 2.68. The van der Waals surface area contributed by atoms with E-state index in [4.69, 9.17) is 4.74 Å². The molecule has 19 heavy (non-hydrogen) atoms. The Labute approximate surface area is 119 Å². The van der Waals surface area contributed by atoms with Crippen LogP contribution in [0.4, 0.5) is 0 Å². The monoisotopic (exact) mass is 268 g/mol. The number of nitrogens with zero attached hydrogens (tertiary/aromatic N) is 1. The van der Waals surface area contributed by atoms with Crippen LogP contribution in [0.3, 0.4) is 0 Å². The Morgan fingerprint density at radius 2 is 1.95 bits per heavy atom. The van der Waals surface area contributed by atoms with Gasteiger partial charge in [-0.15, -0.1) is 0 Å². The highest BCUT2D eigenvalue weighted by Crippen LogP contribution is 2.17. The summed E-state index contributed by atoms with van der Waals surface area (Å²) >= 11 is 0. The van der Waals surface area contributed by atoms with Gasteiger partial charge in [-0.05, 0) is 45.2 Å². The highest BCUT2D eigenvalue weighted by molar-refractivity contribution is 4.77. The average molecular weight is 268 g/mol. The molecule has 3 heteroatoms. The van der Waals surface area contributed by atoms with Crippen molar-refractivity contribution in [2.24, 2.45) is 0 Å². The molecular formula is C16H32N2O. The lowest BCUT2D eigenvalue weighted by Crippen LogP contribution is -2.42. The first kappa shape index (κ1) is 15.3. The van der Waals surface area contributed by atoms with E-state index in [0.29, 0.717) is 12.1 Å². The summed E-state index contributed by atoms with van der Waals surface area (Å²) in [5.41, 5.74) is 0. The second-order valence-electron chi connectivity index (χ2n) is 6.21. The maximum Gasteiger partial charge on any atom is 0.0589 e. The van der Waals surface area contributed by atoms with Crippen LogP contribution in [0, 0.1) is 0 Å². The third kappa shape index (κ3) is 5.80. The van der Waals surface area contributed by atoms with Gasteiger partial charge in [-0.1, -0.05) is 26.2 Å². The molecule has 2 saturated heterocycles. The van der Waals surface area contributed by atoms with Gasteiger partial charge < -0.3 is 15.0 Å². The van der Waals surface area contributed by atoms with E-state index in [2.05, 4.69) is 17.1 Å². The van der Waals surface area contributed by atoms with Gasteiger partial charge >= 0.3 is 0 Å². The summed E-state index contributed by atoms with van der Waals surface area (Å²) in [6, 6.07) is 0.692. The first-order chi connectivity index (χ1) is 9.38. The molecule has 2 unspecified atom stereocenters.